The van der Waals surface area contributed by atoms with E-state index in [9.17, 15) is 29.7 Å². The fraction of sp³-hybridized carbons (Fsp3) is 0.727. The average molecular weight is 309 g/mol. The maximum Gasteiger partial charge on any atom is 0.323 e. The number of rotatable bonds is 10. The van der Waals surface area contributed by atoms with Gasteiger partial charge in [0.05, 0.1) is 0 Å². The summed E-state index contributed by atoms with van der Waals surface area (Å²) in [6, 6.07) is -1.21. The molecular weight excluding hydrogens is 290 g/mol. The van der Waals surface area contributed by atoms with Crippen LogP contribution in [-0.4, -0.2) is 80.8 Å². The van der Waals surface area contributed by atoms with Crippen molar-refractivity contribution >= 4 is 18.2 Å². The Morgan fingerprint density at radius 2 is 1.71 bits per heavy atom. The van der Waals surface area contributed by atoms with Crippen molar-refractivity contribution in [3.63, 3.8) is 0 Å². The van der Waals surface area contributed by atoms with Gasteiger partial charge in [-0.25, -0.2) is 0 Å². The Hall–Kier alpha value is -1.59. The van der Waals surface area contributed by atoms with E-state index in [2.05, 4.69) is 4.74 Å². The number of aldehydes is 1. The molecule has 10 heteroatoms. The second kappa shape index (κ2) is 9.37. The summed E-state index contributed by atoms with van der Waals surface area (Å²) >= 11 is 0. The maximum atomic E-state index is 11.3. The van der Waals surface area contributed by atoms with Crippen molar-refractivity contribution in [1.82, 2.24) is 0 Å². The largest absolute Gasteiger partial charge is 0.481 e. The molecule has 0 aromatic carbocycles. The molecule has 10 nitrogen and oxygen atoms in total. The molecule has 0 spiro atoms. The molecule has 0 aliphatic rings. The number of ether oxygens (including phenoxy) is 1. The predicted molar refractivity (Wildman–Crippen MR) is 65.9 cm³/mol. The molecule has 0 aliphatic heterocycles. The van der Waals surface area contributed by atoms with E-state index in [1.54, 1.807) is 0 Å². The smallest absolute Gasteiger partial charge is 0.323 e. The Morgan fingerprint density at radius 3 is 2.19 bits per heavy atom. The van der Waals surface area contributed by atoms with E-state index in [0.717, 1.165) is 0 Å². The van der Waals surface area contributed by atoms with Crippen LogP contribution in [0, 0.1) is 0 Å². The molecule has 0 heterocycles. The van der Waals surface area contributed by atoms with Gasteiger partial charge in [-0.15, -0.1) is 0 Å². The number of carbonyl (C=O) groups excluding carboxylic acids is 2. The molecule has 0 aromatic rings. The van der Waals surface area contributed by atoms with Gasteiger partial charge in [-0.05, 0) is 6.42 Å². The van der Waals surface area contributed by atoms with Crippen LogP contribution >= 0.6 is 0 Å². The van der Waals surface area contributed by atoms with Crippen molar-refractivity contribution < 1.29 is 44.7 Å². The topological polar surface area (TPSA) is 188 Å². The first-order valence-electron chi connectivity index (χ1n) is 6.02. The van der Waals surface area contributed by atoms with Gasteiger partial charge in [0.15, 0.2) is 6.29 Å². The van der Waals surface area contributed by atoms with Crippen molar-refractivity contribution in [3.05, 3.63) is 0 Å². The van der Waals surface area contributed by atoms with Gasteiger partial charge in [-0.3, -0.25) is 9.59 Å². The minimum Gasteiger partial charge on any atom is -0.481 e. The first-order valence-corrected chi connectivity index (χ1v) is 6.02. The van der Waals surface area contributed by atoms with Gasteiger partial charge in [0, 0.05) is 6.42 Å². The van der Waals surface area contributed by atoms with Crippen LogP contribution in [0.1, 0.15) is 12.8 Å². The first-order chi connectivity index (χ1) is 9.70. The predicted octanol–water partition coefficient (Wildman–Crippen LogP) is -3.64. The Kier molecular flexibility index (Phi) is 8.66. The summed E-state index contributed by atoms with van der Waals surface area (Å²) in [5, 5.41) is 45.5. The van der Waals surface area contributed by atoms with Gasteiger partial charge >= 0.3 is 11.9 Å². The third kappa shape index (κ3) is 7.11. The Labute approximate surface area is 119 Å². The summed E-state index contributed by atoms with van der Waals surface area (Å²) in [5.74, 6) is -2.13. The molecule has 0 saturated carbocycles. The number of hydrogen-bond donors (Lipinski definition) is 6. The normalized spacial score (nSPS) is 18.1. The van der Waals surface area contributed by atoms with Crippen molar-refractivity contribution in [2.45, 2.75) is 43.3 Å². The molecule has 0 aliphatic carbocycles. The molecule has 0 bridgehead atoms. The summed E-state index contributed by atoms with van der Waals surface area (Å²) < 4.78 is 4.53. The highest BCUT2D eigenvalue weighted by molar-refractivity contribution is 5.76. The number of aliphatic hydroxyl groups is 4. The second-order valence-electron chi connectivity index (χ2n) is 4.34. The zero-order valence-corrected chi connectivity index (χ0v) is 11.0. The van der Waals surface area contributed by atoms with Crippen LogP contribution < -0.4 is 5.73 Å². The van der Waals surface area contributed by atoms with Gasteiger partial charge < -0.3 is 40.8 Å². The van der Waals surface area contributed by atoms with Crippen LogP contribution in [0.3, 0.4) is 0 Å². The lowest BCUT2D eigenvalue weighted by molar-refractivity contribution is -0.157. The number of hydrogen-bond acceptors (Lipinski definition) is 9. The molecule has 0 amide bonds. The van der Waals surface area contributed by atoms with Gasteiger partial charge in [-0.2, -0.15) is 0 Å². The van der Waals surface area contributed by atoms with Gasteiger partial charge in [-0.1, -0.05) is 0 Å². The van der Waals surface area contributed by atoms with Gasteiger partial charge in [0.25, 0.3) is 0 Å². The van der Waals surface area contributed by atoms with Crippen LogP contribution in [-0.2, 0) is 19.1 Å². The SMILES string of the molecule is N[C@@H](CCC(=O)O)C(=O)OC[C@@H](O)[C@@H](O)[C@H](O)[C@H](O)C=O. The van der Waals surface area contributed by atoms with E-state index in [0.29, 0.717) is 0 Å². The minimum atomic E-state index is -1.95. The molecule has 0 radical (unpaired) electrons. The van der Waals surface area contributed by atoms with Crippen LogP contribution in [0.5, 0.6) is 0 Å². The average Bonchev–Trinajstić information content (AvgIpc) is 2.46. The third-order valence-electron chi connectivity index (χ3n) is 2.60. The number of carboxylic acid groups (broad SMARTS) is 1. The van der Waals surface area contributed by atoms with Crippen molar-refractivity contribution in [2.75, 3.05) is 6.61 Å². The molecule has 7 N–H and O–H groups in total. The van der Waals surface area contributed by atoms with E-state index in [4.69, 9.17) is 15.9 Å². The summed E-state index contributed by atoms with van der Waals surface area (Å²) in [6.07, 6.45) is -8.07. The quantitative estimate of drug-likeness (QED) is 0.173. The first kappa shape index (κ1) is 19.4. The molecule has 0 fully saturated rings. The lowest BCUT2D eigenvalue weighted by Crippen LogP contribution is -2.47. The third-order valence-corrected chi connectivity index (χ3v) is 2.60. The lowest BCUT2D eigenvalue weighted by atomic mass is 10.0. The monoisotopic (exact) mass is 309 g/mol. The zero-order chi connectivity index (χ0) is 16.6. The van der Waals surface area contributed by atoms with E-state index >= 15 is 0 Å². The van der Waals surface area contributed by atoms with Gasteiger partial charge in [0.2, 0.25) is 0 Å². The van der Waals surface area contributed by atoms with Crippen LogP contribution in [0.4, 0.5) is 0 Å². The summed E-state index contributed by atoms with van der Waals surface area (Å²) in [5.41, 5.74) is 5.34. The number of carboxylic acids is 1. The molecular formula is C11H19NO9. The maximum absolute atomic E-state index is 11.3. The number of aliphatic hydroxyl groups excluding tert-OH is 4. The molecule has 21 heavy (non-hydrogen) atoms. The molecule has 0 saturated heterocycles. The highest BCUT2D eigenvalue weighted by Crippen LogP contribution is 2.06. The molecule has 0 aromatic heterocycles. The molecule has 122 valence electrons. The Balaban J connectivity index is 4.22. The Bertz CT molecular complexity index is 362. The molecule has 5 atom stereocenters. The van der Waals surface area contributed by atoms with E-state index < -0.39 is 49.0 Å². The fourth-order valence-electron chi connectivity index (χ4n) is 1.28. The van der Waals surface area contributed by atoms with E-state index in [1.807, 2.05) is 0 Å². The number of carbonyl (C=O) groups is 3. The second-order valence-corrected chi connectivity index (χ2v) is 4.34. The minimum absolute atomic E-state index is 0.0333. The van der Waals surface area contributed by atoms with Crippen LogP contribution in [0.2, 0.25) is 0 Å². The van der Waals surface area contributed by atoms with E-state index in [1.165, 1.54) is 0 Å². The number of esters is 1. The lowest BCUT2D eigenvalue weighted by Gasteiger charge is -2.24. The zero-order valence-electron chi connectivity index (χ0n) is 11.0. The molecule has 0 unspecified atom stereocenters. The summed E-state index contributed by atoms with van der Waals surface area (Å²) in [4.78, 5) is 31.8. The van der Waals surface area contributed by atoms with Crippen molar-refractivity contribution in [3.8, 4) is 0 Å². The highest BCUT2D eigenvalue weighted by atomic mass is 16.5. The van der Waals surface area contributed by atoms with E-state index in [-0.39, 0.29) is 19.1 Å². The number of nitrogens with two attached hydrogens (primary N) is 1. The molecule has 0 rings (SSSR count). The van der Waals surface area contributed by atoms with Crippen LogP contribution in [0.15, 0.2) is 0 Å². The van der Waals surface area contributed by atoms with Crippen molar-refractivity contribution in [1.29, 1.82) is 0 Å². The summed E-state index contributed by atoms with van der Waals surface area (Å²) in [7, 11) is 0. The fourth-order valence-corrected chi connectivity index (χ4v) is 1.28. The van der Waals surface area contributed by atoms with Gasteiger partial charge in [0.1, 0.15) is 37.1 Å². The number of aliphatic carboxylic acids is 1. The summed E-state index contributed by atoms with van der Waals surface area (Å²) in [6.45, 7) is -0.747. The van der Waals surface area contributed by atoms with Crippen LogP contribution in [0.25, 0.3) is 0 Å². The Morgan fingerprint density at radius 1 is 1.14 bits per heavy atom. The van der Waals surface area contributed by atoms with Crippen molar-refractivity contribution in [2.24, 2.45) is 5.73 Å². The highest BCUT2D eigenvalue weighted by Gasteiger charge is 2.31. The standard InChI is InChI=1S/C11H19NO9/c12-5(1-2-8(16)17)11(20)21-4-7(15)10(19)9(18)6(14)3-13/h3,5-7,9-10,14-15,18-19H,1-2,4,12H2,(H,16,17)/t5-,6+,7+,9+,10+/m0/s1.